The molecule has 0 saturated carbocycles. The third-order valence-corrected chi connectivity index (χ3v) is 8.22. The van der Waals surface area contributed by atoms with Crippen LogP contribution in [0.1, 0.15) is 69.1 Å². The Kier molecular flexibility index (Phi) is 7.59. The van der Waals surface area contributed by atoms with Crippen molar-refractivity contribution in [1.82, 2.24) is 30.3 Å². The number of hydrazine groups is 1. The minimum absolute atomic E-state index is 0.0179. The molecule has 1 amide bonds. The maximum atomic E-state index is 15.2. The second-order valence-electron chi connectivity index (χ2n) is 9.99. The van der Waals surface area contributed by atoms with Crippen LogP contribution in [0.2, 0.25) is 0 Å². The van der Waals surface area contributed by atoms with E-state index in [9.17, 15) is 13.2 Å². The summed E-state index contributed by atoms with van der Waals surface area (Å²) in [6, 6.07) is 3.30. The zero-order valence-electron chi connectivity index (χ0n) is 22.6. The van der Waals surface area contributed by atoms with Gasteiger partial charge in [-0.05, 0) is 12.1 Å². The van der Waals surface area contributed by atoms with Crippen LogP contribution in [0.15, 0.2) is 33.9 Å². The van der Waals surface area contributed by atoms with Crippen molar-refractivity contribution in [2.45, 2.75) is 63.0 Å². The molecule has 1 saturated heterocycles. The van der Waals surface area contributed by atoms with Crippen LogP contribution in [0.5, 0.6) is 5.88 Å². The lowest BCUT2D eigenvalue weighted by molar-refractivity contribution is -0.119. The molecule has 1 unspecified atom stereocenters. The molecule has 5 rings (SSSR count). The fourth-order valence-electron chi connectivity index (χ4n) is 4.63. The van der Waals surface area contributed by atoms with Gasteiger partial charge in [0.1, 0.15) is 23.9 Å². The molecule has 0 radical (unpaired) electrons. The number of sulfonamides is 1. The number of piperidine rings is 1. The van der Waals surface area contributed by atoms with E-state index in [0.29, 0.717) is 55.0 Å². The molecule has 15 heteroatoms. The summed E-state index contributed by atoms with van der Waals surface area (Å²) in [4.78, 5) is 26.5. The minimum Gasteiger partial charge on any atom is -0.473 e. The van der Waals surface area contributed by atoms with E-state index >= 15 is 4.39 Å². The summed E-state index contributed by atoms with van der Waals surface area (Å²) in [7, 11) is -2.44. The van der Waals surface area contributed by atoms with Gasteiger partial charge in [0.15, 0.2) is 5.82 Å². The van der Waals surface area contributed by atoms with E-state index in [1.807, 2.05) is 23.5 Å². The normalized spacial score (nSPS) is 17.8. The van der Waals surface area contributed by atoms with E-state index in [1.54, 1.807) is 12.1 Å². The van der Waals surface area contributed by atoms with Gasteiger partial charge in [-0.25, -0.2) is 27.9 Å². The van der Waals surface area contributed by atoms with Gasteiger partial charge in [-0.2, -0.15) is 9.97 Å². The molecule has 2 aliphatic rings. The summed E-state index contributed by atoms with van der Waals surface area (Å²) in [5, 5.41) is 5.70. The molecular formula is C25H31FN8O5S. The number of hydrogen-bond acceptors (Lipinski definition) is 12. The van der Waals surface area contributed by atoms with E-state index in [1.165, 1.54) is 25.4 Å². The Morgan fingerprint density at radius 1 is 1.27 bits per heavy atom. The standard InChI is InChI=1S/C25H31FN8O5S/c1-5-19(35)32-40(36,37)16-6-7-17(18(26)12-16)20-21-22(33(4)30-20)24(28-13-27-21)38-15-8-10-34(11-9-15)25-29-23(14(2)3)31-39-25/h6-7,12-15,20,30H,5,8-11H2,1-4H3,(H,32,35). The molecule has 0 aliphatic carbocycles. The van der Waals surface area contributed by atoms with E-state index in [4.69, 9.17) is 9.26 Å². The molecule has 40 heavy (non-hydrogen) atoms. The number of halogens is 1. The number of anilines is 2. The molecule has 214 valence electrons. The van der Waals surface area contributed by atoms with Crippen LogP contribution in [-0.2, 0) is 14.8 Å². The van der Waals surface area contributed by atoms with Crippen molar-refractivity contribution in [2.24, 2.45) is 0 Å². The molecule has 2 aromatic heterocycles. The molecule has 0 bridgehead atoms. The predicted molar refractivity (Wildman–Crippen MR) is 142 cm³/mol. The SMILES string of the molecule is CCC(=O)NS(=O)(=O)c1ccc(C2NN(C)c3c(OC4CCN(c5nc(C(C)C)no5)CC4)ncnc32)c(F)c1. The van der Waals surface area contributed by atoms with Gasteiger partial charge in [0.25, 0.3) is 10.0 Å². The molecule has 0 spiro atoms. The van der Waals surface area contributed by atoms with Crippen molar-refractivity contribution in [2.75, 3.05) is 30.0 Å². The zero-order chi connectivity index (χ0) is 28.6. The maximum Gasteiger partial charge on any atom is 0.324 e. The van der Waals surface area contributed by atoms with Crippen molar-refractivity contribution >= 4 is 27.6 Å². The third-order valence-electron chi connectivity index (χ3n) is 6.85. The fourth-order valence-corrected chi connectivity index (χ4v) is 5.69. The number of amides is 1. The van der Waals surface area contributed by atoms with E-state index in [2.05, 4.69) is 25.5 Å². The van der Waals surface area contributed by atoms with Crippen LogP contribution in [-0.4, -0.2) is 60.7 Å². The van der Waals surface area contributed by atoms with Crippen LogP contribution in [0.4, 0.5) is 16.1 Å². The van der Waals surface area contributed by atoms with Gasteiger partial charge in [0, 0.05) is 50.9 Å². The highest BCUT2D eigenvalue weighted by molar-refractivity contribution is 7.90. The van der Waals surface area contributed by atoms with E-state index < -0.39 is 27.8 Å². The van der Waals surface area contributed by atoms with Crippen LogP contribution in [0.3, 0.4) is 0 Å². The highest BCUT2D eigenvalue weighted by Gasteiger charge is 2.36. The number of rotatable bonds is 8. The average Bonchev–Trinajstić information content (AvgIpc) is 3.55. The summed E-state index contributed by atoms with van der Waals surface area (Å²) in [5.41, 5.74) is 4.39. The summed E-state index contributed by atoms with van der Waals surface area (Å²) in [5.74, 6) is -0.225. The van der Waals surface area contributed by atoms with Crippen LogP contribution in [0, 0.1) is 5.82 Å². The van der Waals surface area contributed by atoms with Crippen LogP contribution < -0.4 is 24.8 Å². The number of fused-ring (bicyclic) bond motifs is 1. The Bertz CT molecular complexity index is 1510. The summed E-state index contributed by atoms with van der Waals surface area (Å²) in [6.07, 6.45) is 2.64. The first-order valence-electron chi connectivity index (χ1n) is 13.0. The number of aromatic nitrogens is 4. The lowest BCUT2D eigenvalue weighted by atomic mass is 10.0. The molecule has 13 nitrogen and oxygen atoms in total. The van der Waals surface area contributed by atoms with E-state index in [-0.39, 0.29) is 28.9 Å². The minimum atomic E-state index is -4.19. The smallest absolute Gasteiger partial charge is 0.324 e. The molecule has 1 aromatic carbocycles. The number of nitrogens with one attached hydrogen (secondary N) is 2. The number of hydrogen-bond donors (Lipinski definition) is 2. The average molecular weight is 575 g/mol. The van der Waals surface area contributed by atoms with Gasteiger partial charge in [-0.1, -0.05) is 32.0 Å². The number of benzene rings is 1. The first-order valence-corrected chi connectivity index (χ1v) is 14.5. The highest BCUT2D eigenvalue weighted by atomic mass is 32.2. The molecule has 1 atom stereocenters. The zero-order valence-corrected chi connectivity index (χ0v) is 23.4. The molecule has 3 aromatic rings. The fraction of sp³-hybridized carbons (Fsp3) is 0.480. The second-order valence-corrected chi connectivity index (χ2v) is 11.7. The lowest BCUT2D eigenvalue weighted by Crippen LogP contribution is -2.39. The quantitative estimate of drug-likeness (QED) is 0.406. The van der Waals surface area contributed by atoms with Gasteiger partial charge < -0.3 is 19.2 Å². The van der Waals surface area contributed by atoms with Gasteiger partial charge in [0.2, 0.25) is 11.8 Å². The van der Waals surface area contributed by atoms with Crippen molar-refractivity contribution in [3.8, 4) is 5.88 Å². The molecule has 2 N–H and O–H groups in total. The van der Waals surface area contributed by atoms with Gasteiger partial charge >= 0.3 is 6.01 Å². The number of carbonyl (C=O) groups excluding carboxylic acids is 1. The Balaban J connectivity index is 1.31. The summed E-state index contributed by atoms with van der Waals surface area (Å²) < 4.78 is 53.7. The second kappa shape index (κ2) is 11.0. The first kappa shape index (κ1) is 27.7. The Morgan fingerprint density at radius 3 is 2.67 bits per heavy atom. The number of nitrogens with zero attached hydrogens (tertiary/aromatic N) is 6. The van der Waals surface area contributed by atoms with Crippen molar-refractivity contribution in [3.05, 3.63) is 47.4 Å². The first-order chi connectivity index (χ1) is 19.1. The Labute approximate surface area is 231 Å². The van der Waals surface area contributed by atoms with Gasteiger partial charge in [0.05, 0.1) is 16.6 Å². The van der Waals surface area contributed by atoms with Crippen LogP contribution >= 0.6 is 0 Å². The van der Waals surface area contributed by atoms with Gasteiger partial charge in [-0.15, -0.1) is 0 Å². The van der Waals surface area contributed by atoms with Crippen molar-refractivity contribution in [1.29, 1.82) is 0 Å². The van der Waals surface area contributed by atoms with Gasteiger partial charge in [-0.3, -0.25) is 4.79 Å². The molecule has 4 heterocycles. The van der Waals surface area contributed by atoms with E-state index in [0.717, 1.165) is 6.07 Å². The topological polar surface area (TPSA) is 156 Å². The molecule has 1 fully saturated rings. The lowest BCUT2D eigenvalue weighted by Gasteiger charge is -2.31. The number of ether oxygens (including phenoxy) is 1. The Hall–Kier alpha value is -3.85. The number of carbonyl (C=O) groups is 1. The summed E-state index contributed by atoms with van der Waals surface area (Å²) in [6.45, 7) is 6.89. The monoisotopic (exact) mass is 574 g/mol. The molecular weight excluding hydrogens is 543 g/mol. The van der Waals surface area contributed by atoms with Crippen LogP contribution in [0.25, 0.3) is 0 Å². The summed E-state index contributed by atoms with van der Waals surface area (Å²) >= 11 is 0. The molecule has 2 aliphatic heterocycles. The highest BCUT2D eigenvalue weighted by Crippen LogP contribution is 2.41. The Morgan fingerprint density at radius 2 is 2.02 bits per heavy atom. The maximum absolute atomic E-state index is 15.2. The third kappa shape index (κ3) is 5.43. The largest absolute Gasteiger partial charge is 0.473 e. The van der Waals surface area contributed by atoms with Crippen molar-refractivity contribution < 1.29 is 26.9 Å². The predicted octanol–water partition coefficient (Wildman–Crippen LogP) is 2.43. The van der Waals surface area contributed by atoms with Crippen molar-refractivity contribution in [3.63, 3.8) is 0 Å².